The van der Waals surface area contributed by atoms with Crippen molar-refractivity contribution in [1.82, 2.24) is 0 Å². The van der Waals surface area contributed by atoms with Crippen molar-refractivity contribution in [3.63, 3.8) is 0 Å². The first-order valence-electron chi connectivity index (χ1n) is 0.667. The van der Waals surface area contributed by atoms with E-state index in [1.54, 1.807) is 0 Å². The van der Waals surface area contributed by atoms with E-state index in [0.29, 0.717) is 0 Å². The molecule has 0 heterocycles. The Balaban J connectivity index is -0.0000000800. The summed E-state index contributed by atoms with van der Waals surface area (Å²) in [5.74, 6) is 0. The quantitative estimate of drug-likeness (QED) is 0.373. The van der Waals surface area contributed by atoms with E-state index in [1.807, 2.05) is 0 Å². The standard InChI is InChI=1S/2Cs.H2O4Se/c;;1-5(2,3)4/h;;(H2,1,2,3,4)/q2*+1;/p-2. The van der Waals surface area contributed by atoms with E-state index >= 15 is 0 Å². The third-order valence-corrected chi connectivity index (χ3v) is 0. The molecule has 0 saturated carbocycles. The molecule has 0 aromatic carbocycles. The first kappa shape index (κ1) is 17.3. The zero-order valence-corrected chi connectivity index (χ0v) is 18.3. The van der Waals surface area contributed by atoms with E-state index in [2.05, 4.69) is 0 Å². The average molecular weight is 409 g/mol. The number of hydrogen-bond donors (Lipinski definition) is 0. The van der Waals surface area contributed by atoms with Crippen LogP contribution >= 0.6 is 0 Å². The Morgan fingerprint density at radius 1 is 1.00 bits per heavy atom. The summed E-state index contributed by atoms with van der Waals surface area (Å²) in [6.07, 6.45) is 0. The second-order valence-electron chi connectivity index (χ2n) is 0.408. The first-order valence-corrected chi connectivity index (χ1v) is 3.46. The molecule has 0 aromatic rings. The molecule has 0 bridgehead atoms. The molecule has 0 spiro atoms. The normalized spacial score (nSPS) is 8.29. The Kier molecular flexibility index (Phi) is 20.4. The zero-order chi connectivity index (χ0) is 4.50. The van der Waals surface area contributed by atoms with Gasteiger partial charge in [-0.3, -0.25) is 0 Å². The van der Waals surface area contributed by atoms with Crippen LogP contribution in [0.15, 0.2) is 0 Å². The van der Waals surface area contributed by atoms with Gasteiger partial charge in [0.15, 0.2) is 0 Å². The summed E-state index contributed by atoms with van der Waals surface area (Å²) in [5, 5.41) is 0. The van der Waals surface area contributed by atoms with Crippen molar-refractivity contribution >= 4 is 13.4 Å². The smallest absolute Gasteiger partial charge is 1.00 e. The minimum Gasteiger partial charge on any atom is 1.00 e. The van der Waals surface area contributed by atoms with Crippen molar-refractivity contribution in [2.75, 3.05) is 0 Å². The maximum Gasteiger partial charge on any atom is 1.00 e. The third-order valence-electron chi connectivity index (χ3n) is 0. The van der Waals surface area contributed by atoms with Gasteiger partial charge in [-0.25, -0.2) is 0 Å². The second kappa shape index (κ2) is 8.24. The van der Waals surface area contributed by atoms with Crippen molar-refractivity contribution in [1.29, 1.82) is 0 Å². The molecule has 0 atom stereocenters. The van der Waals surface area contributed by atoms with Crippen LogP contribution in [0.1, 0.15) is 0 Å². The van der Waals surface area contributed by atoms with Crippen LogP contribution in [0.3, 0.4) is 0 Å². The summed E-state index contributed by atoms with van der Waals surface area (Å²) >= 11 is -5.75. The number of hydrogen-bond acceptors (Lipinski definition) is 4. The molecule has 32 valence electrons. The van der Waals surface area contributed by atoms with Crippen LogP contribution in [-0.4, -0.2) is 13.4 Å². The van der Waals surface area contributed by atoms with Crippen LogP contribution in [0.5, 0.6) is 0 Å². The Bertz CT molecular complexity index is 92.9. The fraction of sp³-hybridized carbons (Fsp3) is 0. The fourth-order valence-electron chi connectivity index (χ4n) is 0. The largest absolute Gasteiger partial charge is 1.00 e. The van der Waals surface area contributed by atoms with Crippen LogP contribution in [0.25, 0.3) is 0 Å². The van der Waals surface area contributed by atoms with Crippen LogP contribution in [0.4, 0.5) is 0 Å². The maximum absolute atomic E-state index is 8.59. The van der Waals surface area contributed by atoms with Crippen LogP contribution in [0, 0.1) is 0 Å². The van der Waals surface area contributed by atoms with E-state index < -0.39 is 13.4 Å². The van der Waals surface area contributed by atoms with Gasteiger partial charge in [-0.15, -0.1) is 0 Å². The zero-order valence-electron chi connectivity index (χ0n) is 4.04. The van der Waals surface area contributed by atoms with Gasteiger partial charge in [0.2, 0.25) is 0 Å². The molecule has 0 rings (SSSR count). The molecule has 0 aliphatic rings. The molecule has 4 nitrogen and oxygen atoms in total. The van der Waals surface area contributed by atoms with Crippen LogP contribution in [0.2, 0.25) is 0 Å². The van der Waals surface area contributed by atoms with E-state index in [1.165, 1.54) is 0 Å². The van der Waals surface area contributed by atoms with Gasteiger partial charge in [-0.05, 0) is 0 Å². The molecule has 7 heteroatoms. The molecule has 0 aromatic heterocycles. The summed E-state index contributed by atoms with van der Waals surface area (Å²) in [7, 11) is 0. The van der Waals surface area contributed by atoms with Crippen LogP contribution in [-0.2, 0) is 7.67 Å². The molecule has 0 unspecified atom stereocenters. The third kappa shape index (κ3) is 39.2. The van der Waals surface area contributed by atoms with Gasteiger partial charge < -0.3 is 0 Å². The Morgan fingerprint density at radius 3 is 1.00 bits per heavy atom. The van der Waals surface area contributed by atoms with Crippen molar-refractivity contribution in [2.24, 2.45) is 0 Å². The van der Waals surface area contributed by atoms with E-state index in [-0.39, 0.29) is 138 Å². The van der Waals surface area contributed by atoms with Gasteiger partial charge in [0.1, 0.15) is 0 Å². The summed E-state index contributed by atoms with van der Waals surface area (Å²) in [5.41, 5.74) is 0. The molecule has 0 aliphatic carbocycles. The van der Waals surface area contributed by atoms with E-state index in [9.17, 15) is 0 Å². The molecular weight excluding hydrogens is 409 g/mol. The Labute approximate surface area is 161 Å². The minimum atomic E-state index is -5.75. The number of rotatable bonds is 0. The van der Waals surface area contributed by atoms with Gasteiger partial charge in [0, 0.05) is 0 Å². The molecular formula is Cs2O4Se. The molecule has 7 heavy (non-hydrogen) atoms. The van der Waals surface area contributed by atoms with Gasteiger partial charge in [-0.1, -0.05) is 0 Å². The fourth-order valence-corrected chi connectivity index (χ4v) is 0. The van der Waals surface area contributed by atoms with Crippen molar-refractivity contribution in [3.05, 3.63) is 0 Å². The van der Waals surface area contributed by atoms with Gasteiger partial charge >= 0.3 is 167 Å². The van der Waals surface area contributed by atoms with Crippen molar-refractivity contribution < 1.29 is 154 Å². The SMILES string of the molecule is O=[Se](=O)([O-])[O-].[Cs+].[Cs+]. The Hall–Kier alpha value is 4.14. The summed E-state index contributed by atoms with van der Waals surface area (Å²) in [6, 6.07) is 0. The van der Waals surface area contributed by atoms with Crippen molar-refractivity contribution in [3.8, 4) is 0 Å². The predicted molar refractivity (Wildman–Crippen MR) is 7.13 cm³/mol. The molecule has 0 amide bonds. The van der Waals surface area contributed by atoms with Gasteiger partial charge in [0.05, 0.1) is 0 Å². The minimum absolute atomic E-state index is 0. The average Bonchev–Trinajstić information content (AvgIpc) is 0.722. The summed E-state index contributed by atoms with van der Waals surface area (Å²) in [4.78, 5) is 0. The van der Waals surface area contributed by atoms with Crippen LogP contribution < -0.4 is 146 Å². The predicted octanol–water partition coefficient (Wildman–Crippen LogP) is -8.99. The van der Waals surface area contributed by atoms with Gasteiger partial charge in [0.25, 0.3) is 0 Å². The first-order chi connectivity index (χ1) is 2.00. The molecule has 0 fully saturated rings. The summed E-state index contributed by atoms with van der Waals surface area (Å²) in [6.45, 7) is 0. The molecule has 0 aliphatic heterocycles. The second-order valence-corrected chi connectivity index (χ2v) is 2.12. The Morgan fingerprint density at radius 2 is 1.00 bits per heavy atom. The molecule has 0 saturated heterocycles. The monoisotopic (exact) mass is 410 g/mol. The molecule has 0 radical (unpaired) electrons. The van der Waals surface area contributed by atoms with Crippen molar-refractivity contribution in [2.45, 2.75) is 0 Å². The topological polar surface area (TPSA) is 80.3 Å². The van der Waals surface area contributed by atoms with E-state index in [0.717, 1.165) is 0 Å². The maximum atomic E-state index is 8.59. The molecule has 0 N–H and O–H groups in total. The summed E-state index contributed by atoms with van der Waals surface area (Å²) < 4.78 is 34.4. The van der Waals surface area contributed by atoms with E-state index in [4.69, 9.17) is 16.0 Å². The van der Waals surface area contributed by atoms with Gasteiger partial charge in [-0.2, -0.15) is 0 Å².